The van der Waals surface area contributed by atoms with Gasteiger partial charge < -0.3 is 14.9 Å². The molecule has 1 aliphatic rings. The summed E-state index contributed by atoms with van der Waals surface area (Å²) in [6.45, 7) is 3.49. The monoisotopic (exact) mass is 368 g/mol. The van der Waals surface area contributed by atoms with Crippen LogP contribution in [-0.2, 0) is 30.6 Å². The number of nitrogens with zero attached hydrogens (tertiary/aromatic N) is 1. The Morgan fingerprint density at radius 3 is 2.38 bits per heavy atom. The summed E-state index contributed by atoms with van der Waals surface area (Å²) in [5, 5.41) is 16.6. The zero-order valence-corrected chi connectivity index (χ0v) is 14.6. The summed E-state index contributed by atoms with van der Waals surface area (Å²) in [5.74, 6) is -3.83. The van der Waals surface area contributed by atoms with E-state index in [0.717, 1.165) is 31.4 Å². The van der Waals surface area contributed by atoms with Gasteiger partial charge in [-0.05, 0) is 31.7 Å². The van der Waals surface area contributed by atoms with Crippen LogP contribution in [0.25, 0.3) is 0 Å². The predicted molar refractivity (Wildman–Crippen MR) is 90.6 cm³/mol. The Morgan fingerprint density at radius 2 is 1.81 bits per heavy atom. The first kappa shape index (κ1) is 21.6. The summed E-state index contributed by atoms with van der Waals surface area (Å²) in [6, 6.07) is 9.67. The maximum absolute atomic E-state index is 11.9. The third-order valence-electron chi connectivity index (χ3n) is 3.51. The molecule has 1 aromatic rings. The van der Waals surface area contributed by atoms with Gasteiger partial charge in [-0.3, -0.25) is 9.63 Å². The fraction of sp³-hybridized carbons (Fsp3) is 0.471. The molecule has 1 saturated heterocycles. The minimum atomic E-state index is -1.82. The van der Waals surface area contributed by atoms with E-state index < -0.39 is 11.9 Å². The molecule has 0 bridgehead atoms. The lowest BCUT2D eigenvalue weighted by molar-refractivity contribution is -0.167. The van der Waals surface area contributed by atoms with Crippen molar-refractivity contribution in [1.29, 1.82) is 0 Å². The first-order chi connectivity index (χ1) is 12.5. The van der Waals surface area contributed by atoms with Crippen molar-refractivity contribution in [2.45, 2.75) is 38.8 Å². The molecule has 1 fully saturated rings. The maximum Gasteiger partial charge on any atom is 0.414 e. The van der Waals surface area contributed by atoms with E-state index in [4.69, 9.17) is 29.4 Å². The first-order valence-electron chi connectivity index (χ1n) is 8.26. The van der Waals surface area contributed by atoms with Crippen molar-refractivity contribution in [2.75, 3.05) is 13.2 Å². The summed E-state index contributed by atoms with van der Waals surface area (Å²) in [4.78, 5) is 35.6. The molecule has 0 aromatic heterocycles. The molecule has 1 heterocycles. The molecule has 144 valence electrons. The molecule has 9 heteroatoms. The Kier molecular flexibility index (Phi) is 9.91. The average Bonchev–Trinajstić information content (AvgIpc) is 2.63. The molecule has 26 heavy (non-hydrogen) atoms. The molecule has 0 spiro atoms. The normalized spacial score (nSPS) is 16.9. The molecule has 1 atom stereocenters. The maximum atomic E-state index is 11.9. The third kappa shape index (κ3) is 8.06. The van der Waals surface area contributed by atoms with E-state index in [-0.39, 0.29) is 12.0 Å². The number of esters is 1. The largest absolute Gasteiger partial charge is 0.473 e. The van der Waals surface area contributed by atoms with Crippen molar-refractivity contribution in [3.05, 3.63) is 35.9 Å². The van der Waals surface area contributed by atoms with Gasteiger partial charge in [0.25, 0.3) is 0 Å². The number of benzene rings is 1. The van der Waals surface area contributed by atoms with Gasteiger partial charge in [0.15, 0.2) is 0 Å². The van der Waals surface area contributed by atoms with Crippen LogP contribution in [0.3, 0.4) is 0 Å². The number of hydrogen-bond acceptors (Lipinski definition) is 7. The number of carbonyl (C=O) groups is 3. The fourth-order valence-corrected chi connectivity index (χ4v) is 2.30. The zero-order valence-electron chi connectivity index (χ0n) is 14.6. The minimum absolute atomic E-state index is 0.178. The van der Waals surface area contributed by atoms with E-state index in [2.05, 4.69) is 5.59 Å². The van der Waals surface area contributed by atoms with Crippen molar-refractivity contribution in [1.82, 2.24) is 10.6 Å². The zero-order chi connectivity index (χ0) is 19.4. The highest BCUT2D eigenvalue weighted by Crippen LogP contribution is 2.16. The van der Waals surface area contributed by atoms with Crippen LogP contribution in [0, 0.1) is 0 Å². The molecular weight excluding hydrogens is 344 g/mol. The van der Waals surface area contributed by atoms with Crippen molar-refractivity contribution in [2.24, 2.45) is 0 Å². The van der Waals surface area contributed by atoms with Gasteiger partial charge in [0.05, 0.1) is 13.2 Å². The van der Waals surface area contributed by atoms with Gasteiger partial charge in [0.2, 0.25) is 0 Å². The lowest BCUT2D eigenvalue weighted by atomic mass is 10.0. The van der Waals surface area contributed by atoms with Crippen LogP contribution >= 0.6 is 0 Å². The van der Waals surface area contributed by atoms with E-state index in [1.165, 1.54) is 0 Å². The van der Waals surface area contributed by atoms with Gasteiger partial charge in [0.1, 0.15) is 6.04 Å². The summed E-state index contributed by atoms with van der Waals surface area (Å²) in [6.07, 6.45) is 2.90. The number of rotatable bonds is 6. The molecule has 3 N–H and O–H groups in total. The molecule has 0 saturated carbocycles. The number of hydrogen-bond donors (Lipinski definition) is 3. The minimum Gasteiger partial charge on any atom is -0.473 e. The van der Waals surface area contributed by atoms with Gasteiger partial charge in [-0.2, -0.15) is 0 Å². The van der Waals surface area contributed by atoms with E-state index in [1.807, 2.05) is 42.3 Å². The Balaban J connectivity index is 0.000000487. The van der Waals surface area contributed by atoms with E-state index in [0.29, 0.717) is 13.2 Å². The van der Waals surface area contributed by atoms with Crippen molar-refractivity contribution >= 4 is 17.9 Å². The molecular formula is C17H24N2O7. The molecule has 0 aliphatic carbocycles. The van der Waals surface area contributed by atoms with Gasteiger partial charge in [-0.25, -0.2) is 14.6 Å². The van der Waals surface area contributed by atoms with E-state index in [1.54, 1.807) is 0 Å². The standard InChI is InChI=1S/C15H22N2O3.C2H2O4/c1-2-19-15(18)14-10-6-7-11-17(14)16-20-12-13-8-4-3-5-9-13;3-1(4)2(5)6/h3-5,8-9,14,16H,2,6-7,10-12H2,1H3;(H,3,4)(H,5,6)/t14-;/m0./s1. The van der Waals surface area contributed by atoms with Crippen molar-refractivity contribution in [3.8, 4) is 0 Å². The second-order valence-corrected chi connectivity index (χ2v) is 5.43. The first-order valence-corrected chi connectivity index (χ1v) is 8.26. The van der Waals surface area contributed by atoms with E-state index >= 15 is 0 Å². The smallest absolute Gasteiger partial charge is 0.414 e. The van der Waals surface area contributed by atoms with Crippen LogP contribution in [0.2, 0.25) is 0 Å². The Labute approximate surface area is 151 Å². The van der Waals surface area contributed by atoms with Crippen LogP contribution in [0.15, 0.2) is 30.3 Å². The highest BCUT2D eigenvalue weighted by molar-refractivity contribution is 6.27. The second-order valence-electron chi connectivity index (χ2n) is 5.43. The van der Waals surface area contributed by atoms with Crippen LogP contribution in [-0.4, -0.2) is 52.3 Å². The molecule has 1 aliphatic heterocycles. The van der Waals surface area contributed by atoms with Gasteiger partial charge in [-0.15, -0.1) is 5.59 Å². The molecule has 0 radical (unpaired) electrons. The van der Waals surface area contributed by atoms with Crippen LogP contribution < -0.4 is 5.59 Å². The summed E-state index contributed by atoms with van der Waals surface area (Å²) < 4.78 is 5.10. The second kappa shape index (κ2) is 12.0. The summed E-state index contributed by atoms with van der Waals surface area (Å²) in [7, 11) is 0. The number of aliphatic carboxylic acids is 2. The number of nitrogens with one attached hydrogen (secondary N) is 1. The van der Waals surface area contributed by atoms with Gasteiger partial charge >= 0.3 is 17.9 Å². The average molecular weight is 368 g/mol. The third-order valence-corrected chi connectivity index (χ3v) is 3.51. The quantitative estimate of drug-likeness (QED) is 0.386. The van der Waals surface area contributed by atoms with Crippen molar-refractivity contribution < 1.29 is 34.2 Å². The number of carbonyl (C=O) groups excluding carboxylic acids is 1. The summed E-state index contributed by atoms with van der Waals surface area (Å²) >= 11 is 0. The highest BCUT2D eigenvalue weighted by atomic mass is 16.7. The van der Waals surface area contributed by atoms with Crippen molar-refractivity contribution in [3.63, 3.8) is 0 Å². The molecule has 9 nitrogen and oxygen atoms in total. The number of ether oxygens (including phenoxy) is 1. The topological polar surface area (TPSA) is 125 Å². The van der Waals surface area contributed by atoms with Crippen LogP contribution in [0.5, 0.6) is 0 Å². The number of hydrazine groups is 1. The molecule has 1 aromatic carbocycles. The van der Waals surface area contributed by atoms with Crippen LogP contribution in [0.1, 0.15) is 31.7 Å². The van der Waals surface area contributed by atoms with Gasteiger partial charge in [-0.1, -0.05) is 30.3 Å². The molecule has 2 rings (SSSR count). The highest BCUT2D eigenvalue weighted by Gasteiger charge is 2.30. The van der Waals surface area contributed by atoms with Crippen LogP contribution in [0.4, 0.5) is 0 Å². The molecule has 0 unspecified atom stereocenters. The number of piperidine rings is 1. The Morgan fingerprint density at radius 1 is 1.15 bits per heavy atom. The number of carboxylic acid groups (broad SMARTS) is 2. The Hall–Kier alpha value is -2.49. The lowest BCUT2D eigenvalue weighted by Crippen LogP contribution is -2.52. The molecule has 0 amide bonds. The Bertz CT molecular complexity index is 568. The van der Waals surface area contributed by atoms with E-state index in [9.17, 15) is 4.79 Å². The van der Waals surface area contributed by atoms with Gasteiger partial charge in [0, 0.05) is 6.54 Å². The summed E-state index contributed by atoms with van der Waals surface area (Å²) in [5.41, 5.74) is 3.98. The lowest BCUT2D eigenvalue weighted by Gasteiger charge is -2.33. The SMILES string of the molecule is CCOC(=O)[C@@H]1CCCCN1NOCc1ccccc1.O=C(O)C(=O)O. The predicted octanol–water partition coefficient (Wildman–Crippen LogP) is 1.20. The number of carboxylic acids is 2. The fourth-order valence-electron chi connectivity index (χ4n) is 2.30.